The van der Waals surface area contributed by atoms with Crippen LogP contribution >= 0.6 is 11.6 Å². The first-order chi connectivity index (χ1) is 14.9. The number of carbonyl (C=O) groups excluding carboxylic acids is 1. The summed E-state index contributed by atoms with van der Waals surface area (Å²) in [4.78, 5) is 14.6. The number of halogens is 1. The molecule has 1 aliphatic rings. The first-order valence-electron chi connectivity index (χ1n) is 10.5. The van der Waals surface area contributed by atoms with E-state index < -0.39 is 0 Å². The summed E-state index contributed by atoms with van der Waals surface area (Å²) in [6.07, 6.45) is 2.52. The maximum atomic E-state index is 12.8. The van der Waals surface area contributed by atoms with Crippen LogP contribution in [-0.4, -0.2) is 44.9 Å². The summed E-state index contributed by atoms with van der Waals surface area (Å²) in [7, 11) is 0. The summed E-state index contributed by atoms with van der Waals surface area (Å²) in [5.41, 5.74) is 12.2. The highest BCUT2D eigenvalue weighted by Gasteiger charge is 2.28. The number of anilines is 1. The normalized spacial score (nSPS) is 16.1. The van der Waals surface area contributed by atoms with Crippen molar-refractivity contribution >= 4 is 23.2 Å². The van der Waals surface area contributed by atoms with Crippen LogP contribution in [0.4, 0.5) is 5.69 Å². The number of aryl methyl sites for hydroxylation is 1. The van der Waals surface area contributed by atoms with Gasteiger partial charge in [0.05, 0.1) is 34.7 Å². The molecular weight excluding hydrogens is 412 g/mol. The van der Waals surface area contributed by atoms with Crippen molar-refractivity contribution in [3.8, 4) is 5.69 Å². The van der Waals surface area contributed by atoms with Crippen molar-refractivity contribution in [2.24, 2.45) is 0 Å². The van der Waals surface area contributed by atoms with Crippen molar-refractivity contribution in [1.82, 2.24) is 14.7 Å². The maximum Gasteiger partial charge on any atom is 0.254 e. The molecule has 3 N–H and O–H groups in total. The van der Waals surface area contributed by atoms with Gasteiger partial charge in [0.25, 0.3) is 5.91 Å². The van der Waals surface area contributed by atoms with E-state index >= 15 is 0 Å². The van der Waals surface area contributed by atoms with E-state index in [0.29, 0.717) is 22.8 Å². The summed E-state index contributed by atoms with van der Waals surface area (Å²) in [5.74, 6) is -0.0106. The largest absolute Gasteiger partial charge is 0.398 e. The SMILES string of the molecule is Cc1nn(-c2ccc(N)c(Cl)c2)c(C)c1Cc1ccc(C(=O)N2CCC[C@H]2CO)cc1. The Labute approximate surface area is 187 Å². The molecule has 1 amide bonds. The van der Waals surface area contributed by atoms with E-state index in [4.69, 9.17) is 22.4 Å². The topological polar surface area (TPSA) is 84.4 Å². The molecule has 31 heavy (non-hydrogen) atoms. The summed E-state index contributed by atoms with van der Waals surface area (Å²) in [6, 6.07) is 13.2. The van der Waals surface area contributed by atoms with Gasteiger partial charge in [-0.3, -0.25) is 4.79 Å². The fourth-order valence-electron chi connectivity index (χ4n) is 4.26. The number of likely N-dealkylation sites (tertiary alicyclic amines) is 1. The minimum atomic E-state index is -0.0647. The molecule has 0 saturated carbocycles. The molecule has 0 bridgehead atoms. The Balaban J connectivity index is 1.54. The second-order valence-corrected chi connectivity index (χ2v) is 8.53. The lowest BCUT2D eigenvalue weighted by Gasteiger charge is -2.23. The lowest BCUT2D eigenvalue weighted by molar-refractivity contribution is 0.0677. The Bertz CT molecular complexity index is 1110. The summed E-state index contributed by atoms with van der Waals surface area (Å²) < 4.78 is 1.89. The monoisotopic (exact) mass is 438 g/mol. The number of benzene rings is 2. The maximum absolute atomic E-state index is 12.8. The Hall–Kier alpha value is -2.83. The zero-order chi connectivity index (χ0) is 22.1. The van der Waals surface area contributed by atoms with Crippen LogP contribution in [0.3, 0.4) is 0 Å². The number of hydrogen-bond donors (Lipinski definition) is 2. The summed E-state index contributed by atoms with van der Waals surface area (Å²) in [5, 5.41) is 14.7. The smallest absolute Gasteiger partial charge is 0.254 e. The number of hydrogen-bond acceptors (Lipinski definition) is 4. The second kappa shape index (κ2) is 8.73. The number of aromatic nitrogens is 2. The zero-order valence-corrected chi connectivity index (χ0v) is 18.6. The van der Waals surface area contributed by atoms with E-state index in [-0.39, 0.29) is 18.6 Å². The van der Waals surface area contributed by atoms with Crippen LogP contribution < -0.4 is 5.73 Å². The second-order valence-electron chi connectivity index (χ2n) is 8.12. The van der Waals surface area contributed by atoms with Gasteiger partial charge in [0.2, 0.25) is 0 Å². The van der Waals surface area contributed by atoms with Crippen molar-refractivity contribution in [1.29, 1.82) is 0 Å². The van der Waals surface area contributed by atoms with Gasteiger partial charge in [-0.15, -0.1) is 0 Å². The number of aliphatic hydroxyl groups is 1. The quantitative estimate of drug-likeness (QED) is 0.591. The molecule has 1 aromatic heterocycles. The van der Waals surface area contributed by atoms with E-state index in [1.54, 1.807) is 11.0 Å². The average Bonchev–Trinajstić information content (AvgIpc) is 3.36. The molecule has 6 nitrogen and oxygen atoms in total. The van der Waals surface area contributed by atoms with Crippen molar-refractivity contribution in [2.75, 3.05) is 18.9 Å². The van der Waals surface area contributed by atoms with Crippen LogP contribution in [0.25, 0.3) is 5.69 Å². The molecule has 1 saturated heterocycles. The lowest BCUT2D eigenvalue weighted by Crippen LogP contribution is -2.37. The van der Waals surface area contributed by atoms with Crippen molar-refractivity contribution < 1.29 is 9.90 Å². The third kappa shape index (κ3) is 4.18. The van der Waals surface area contributed by atoms with E-state index in [9.17, 15) is 9.90 Å². The third-order valence-corrected chi connectivity index (χ3v) is 6.43. The minimum Gasteiger partial charge on any atom is -0.398 e. The lowest BCUT2D eigenvalue weighted by atomic mass is 10.0. The van der Waals surface area contributed by atoms with E-state index in [1.807, 2.05) is 54.9 Å². The minimum absolute atomic E-state index is 0.0106. The van der Waals surface area contributed by atoms with Crippen LogP contribution in [0.5, 0.6) is 0 Å². The highest BCUT2D eigenvalue weighted by atomic mass is 35.5. The number of nitrogens with two attached hydrogens (primary N) is 1. The molecule has 1 aliphatic heterocycles. The van der Waals surface area contributed by atoms with Gasteiger partial charge in [0.1, 0.15) is 0 Å². The molecule has 0 spiro atoms. The van der Waals surface area contributed by atoms with Crippen molar-refractivity contribution in [2.45, 2.75) is 39.2 Å². The number of amides is 1. The van der Waals surface area contributed by atoms with Gasteiger partial charge >= 0.3 is 0 Å². The third-order valence-electron chi connectivity index (χ3n) is 6.10. The van der Waals surface area contributed by atoms with Crippen molar-refractivity contribution in [3.63, 3.8) is 0 Å². The van der Waals surface area contributed by atoms with E-state index in [0.717, 1.165) is 47.5 Å². The van der Waals surface area contributed by atoms with Crippen molar-refractivity contribution in [3.05, 3.63) is 75.6 Å². The van der Waals surface area contributed by atoms with Gasteiger partial charge in [-0.1, -0.05) is 23.7 Å². The Morgan fingerprint density at radius 3 is 2.65 bits per heavy atom. The van der Waals surface area contributed by atoms with Crippen LogP contribution in [0.2, 0.25) is 5.02 Å². The molecule has 4 rings (SSSR count). The predicted molar refractivity (Wildman–Crippen MR) is 123 cm³/mol. The fourth-order valence-corrected chi connectivity index (χ4v) is 4.43. The Morgan fingerprint density at radius 2 is 1.97 bits per heavy atom. The number of rotatable bonds is 5. The van der Waals surface area contributed by atoms with Gasteiger partial charge in [0, 0.05) is 29.8 Å². The van der Waals surface area contributed by atoms with Crippen LogP contribution in [0.15, 0.2) is 42.5 Å². The molecule has 3 aromatic rings. The molecular formula is C24H27ClN4O2. The Kier molecular flexibility index (Phi) is 6.03. The first-order valence-corrected chi connectivity index (χ1v) is 10.9. The average molecular weight is 439 g/mol. The number of carbonyl (C=O) groups is 1. The zero-order valence-electron chi connectivity index (χ0n) is 17.8. The van der Waals surface area contributed by atoms with Gasteiger partial charge in [-0.05, 0) is 62.6 Å². The molecule has 0 radical (unpaired) electrons. The highest BCUT2D eigenvalue weighted by Crippen LogP contribution is 2.26. The number of aliphatic hydroxyl groups excluding tert-OH is 1. The predicted octanol–water partition coefficient (Wildman–Crippen LogP) is 3.91. The van der Waals surface area contributed by atoms with E-state index in [1.165, 1.54) is 0 Å². The molecule has 2 heterocycles. The number of nitrogen functional groups attached to an aromatic ring is 1. The van der Waals surface area contributed by atoms with Gasteiger partial charge in [0.15, 0.2) is 0 Å². The summed E-state index contributed by atoms with van der Waals surface area (Å²) in [6.45, 7) is 4.77. The molecule has 1 fully saturated rings. The van der Waals surface area contributed by atoms with Gasteiger partial charge in [-0.2, -0.15) is 5.10 Å². The number of nitrogens with zero attached hydrogens (tertiary/aromatic N) is 3. The molecule has 1 atom stereocenters. The first kappa shape index (κ1) is 21.4. The van der Waals surface area contributed by atoms with Gasteiger partial charge in [-0.25, -0.2) is 4.68 Å². The molecule has 0 unspecified atom stereocenters. The van der Waals surface area contributed by atoms with Gasteiger partial charge < -0.3 is 15.7 Å². The molecule has 7 heteroatoms. The van der Waals surface area contributed by atoms with Crippen LogP contribution in [-0.2, 0) is 6.42 Å². The standard InChI is InChI=1S/C24H27ClN4O2/c1-15-21(16(2)29(27-15)19-9-10-23(26)22(25)13-19)12-17-5-7-18(8-6-17)24(31)28-11-3-4-20(28)14-30/h5-10,13,20,30H,3-4,11-12,14,26H2,1-2H3/t20-/m0/s1. The Morgan fingerprint density at radius 1 is 1.23 bits per heavy atom. The fraction of sp³-hybridized carbons (Fsp3) is 0.333. The molecule has 0 aliphatic carbocycles. The molecule has 2 aromatic carbocycles. The van der Waals surface area contributed by atoms with E-state index in [2.05, 4.69) is 0 Å². The van der Waals surface area contributed by atoms with Crippen LogP contribution in [0.1, 0.15) is 45.7 Å². The highest BCUT2D eigenvalue weighted by molar-refractivity contribution is 6.33. The molecule has 162 valence electrons. The summed E-state index contributed by atoms with van der Waals surface area (Å²) >= 11 is 6.19. The van der Waals surface area contributed by atoms with Crippen LogP contribution in [0, 0.1) is 13.8 Å².